The van der Waals surface area contributed by atoms with E-state index in [1.165, 1.54) is 40.6 Å². The van der Waals surface area contributed by atoms with Crippen molar-refractivity contribution in [3.8, 4) is 23.0 Å². The summed E-state index contributed by atoms with van der Waals surface area (Å²) in [7, 11) is 5.87. The highest BCUT2D eigenvalue weighted by Gasteiger charge is 2.20. The largest absolute Gasteiger partial charge is 0.550 e. The Hall–Kier alpha value is -3.42. The highest BCUT2D eigenvalue weighted by molar-refractivity contribution is 5.96. The third-order valence-electron chi connectivity index (χ3n) is 4.12. The van der Waals surface area contributed by atoms with Crippen LogP contribution in [-0.2, 0) is 4.79 Å². The Morgan fingerprint density at radius 2 is 1.50 bits per heavy atom. The predicted octanol–water partition coefficient (Wildman–Crippen LogP) is 1.33. The second-order valence-electron chi connectivity index (χ2n) is 5.79. The maximum atomic E-state index is 12.8. The summed E-state index contributed by atoms with van der Waals surface area (Å²) in [5.74, 6) is -0.192. The number of carbonyl (C=O) groups is 2. The molecule has 2 aromatic rings. The first kappa shape index (κ1) is 20.9. The molecule has 0 saturated heterocycles. The molecule has 0 heterocycles. The first-order chi connectivity index (χ1) is 13.4. The fourth-order valence-electron chi connectivity index (χ4n) is 2.71. The molecule has 2 rings (SSSR count). The van der Waals surface area contributed by atoms with E-state index in [-0.39, 0.29) is 12.0 Å². The lowest BCUT2D eigenvalue weighted by molar-refractivity contribution is -0.306. The summed E-state index contributed by atoms with van der Waals surface area (Å²) >= 11 is 0. The number of ether oxygens (including phenoxy) is 4. The number of carboxylic acid groups (broad SMARTS) is 1. The average Bonchev–Trinajstić information content (AvgIpc) is 2.71. The molecule has 1 atom stereocenters. The van der Waals surface area contributed by atoms with Gasteiger partial charge in [-0.25, -0.2) is 0 Å². The van der Waals surface area contributed by atoms with Gasteiger partial charge in [0.15, 0.2) is 11.5 Å². The molecule has 1 unspecified atom stereocenters. The summed E-state index contributed by atoms with van der Waals surface area (Å²) in [4.78, 5) is 23.9. The van der Waals surface area contributed by atoms with Crippen molar-refractivity contribution in [2.75, 3.05) is 28.4 Å². The lowest BCUT2D eigenvalue weighted by Crippen LogP contribution is -2.34. The van der Waals surface area contributed by atoms with Crippen LogP contribution in [0, 0.1) is 0 Å². The van der Waals surface area contributed by atoms with E-state index >= 15 is 0 Å². The van der Waals surface area contributed by atoms with Crippen LogP contribution in [0.5, 0.6) is 23.0 Å². The third kappa shape index (κ3) is 4.85. The summed E-state index contributed by atoms with van der Waals surface area (Å²) in [6.07, 6.45) is -0.386. The number of aliphatic carboxylic acids is 1. The van der Waals surface area contributed by atoms with E-state index in [0.29, 0.717) is 28.6 Å². The lowest BCUT2D eigenvalue weighted by atomic mass is 10.0. The number of amides is 1. The first-order valence-electron chi connectivity index (χ1n) is 8.38. The van der Waals surface area contributed by atoms with E-state index < -0.39 is 17.9 Å². The van der Waals surface area contributed by atoms with E-state index in [0.717, 1.165) is 0 Å². The number of carboxylic acids is 1. The van der Waals surface area contributed by atoms with Gasteiger partial charge in [-0.05, 0) is 29.8 Å². The quantitative estimate of drug-likeness (QED) is 0.691. The van der Waals surface area contributed by atoms with Crippen LogP contribution in [0.15, 0.2) is 36.4 Å². The Bertz CT molecular complexity index is 808. The molecule has 0 spiro atoms. The van der Waals surface area contributed by atoms with Gasteiger partial charge in [0, 0.05) is 18.0 Å². The second kappa shape index (κ2) is 9.50. The van der Waals surface area contributed by atoms with E-state index in [1.807, 2.05) is 0 Å². The van der Waals surface area contributed by atoms with E-state index in [2.05, 4.69) is 5.32 Å². The molecular weight excluding hydrogens is 366 g/mol. The maximum absolute atomic E-state index is 12.8. The third-order valence-corrected chi connectivity index (χ3v) is 4.12. The molecular formula is C20H22NO7-. The minimum absolute atomic E-state index is 0.228. The number of hydrogen-bond donors (Lipinski definition) is 1. The molecule has 0 aliphatic heterocycles. The molecule has 1 amide bonds. The molecule has 1 N–H and O–H groups in total. The Morgan fingerprint density at radius 3 is 1.93 bits per heavy atom. The predicted molar refractivity (Wildman–Crippen MR) is 98.9 cm³/mol. The fourth-order valence-corrected chi connectivity index (χ4v) is 2.71. The molecule has 28 heavy (non-hydrogen) atoms. The van der Waals surface area contributed by atoms with Crippen molar-refractivity contribution in [1.29, 1.82) is 0 Å². The van der Waals surface area contributed by atoms with Crippen LogP contribution in [0.25, 0.3) is 0 Å². The van der Waals surface area contributed by atoms with Gasteiger partial charge in [-0.15, -0.1) is 0 Å². The summed E-state index contributed by atoms with van der Waals surface area (Å²) in [6.45, 7) is 0. The van der Waals surface area contributed by atoms with Crippen molar-refractivity contribution >= 4 is 11.9 Å². The van der Waals surface area contributed by atoms with Gasteiger partial charge in [0.2, 0.25) is 5.75 Å². The van der Waals surface area contributed by atoms with Crippen LogP contribution in [-0.4, -0.2) is 40.3 Å². The number of nitrogens with one attached hydrogen (secondary N) is 1. The minimum atomic E-state index is -1.29. The highest BCUT2D eigenvalue weighted by Crippen LogP contribution is 2.38. The fraction of sp³-hybridized carbons (Fsp3) is 0.300. The second-order valence-corrected chi connectivity index (χ2v) is 5.79. The number of hydrogen-bond acceptors (Lipinski definition) is 7. The Kier molecular flexibility index (Phi) is 7.08. The number of carbonyl (C=O) groups excluding carboxylic acids is 2. The van der Waals surface area contributed by atoms with Crippen molar-refractivity contribution in [2.45, 2.75) is 12.5 Å². The monoisotopic (exact) mass is 388 g/mol. The number of methoxy groups -OCH3 is 4. The molecule has 0 fully saturated rings. The zero-order chi connectivity index (χ0) is 20.7. The summed E-state index contributed by atoms with van der Waals surface area (Å²) in [6, 6.07) is 8.92. The van der Waals surface area contributed by atoms with Crippen molar-refractivity contribution in [2.24, 2.45) is 0 Å². The van der Waals surface area contributed by atoms with Crippen LogP contribution in [0.4, 0.5) is 0 Å². The van der Waals surface area contributed by atoms with E-state index in [1.54, 1.807) is 24.3 Å². The summed E-state index contributed by atoms with van der Waals surface area (Å²) < 4.78 is 20.8. The molecule has 0 bridgehead atoms. The van der Waals surface area contributed by atoms with Gasteiger partial charge < -0.3 is 34.2 Å². The normalized spacial score (nSPS) is 11.3. The molecule has 0 aromatic heterocycles. The van der Waals surface area contributed by atoms with Crippen molar-refractivity contribution in [1.82, 2.24) is 5.32 Å². The molecule has 2 aromatic carbocycles. The maximum Gasteiger partial charge on any atom is 0.252 e. The average molecular weight is 388 g/mol. The Balaban J connectivity index is 2.33. The van der Waals surface area contributed by atoms with E-state index in [4.69, 9.17) is 18.9 Å². The zero-order valence-corrected chi connectivity index (χ0v) is 16.1. The number of benzene rings is 2. The summed E-state index contributed by atoms with van der Waals surface area (Å²) in [5.41, 5.74) is 0.831. The number of rotatable bonds is 9. The van der Waals surface area contributed by atoms with Crippen LogP contribution in [0.3, 0.4) is 0 Å². The summed E-state index contributed by atoms with van der Waals surface area (Å²) in [5, 5.41) is 13.9. The SMILES string of the molecule is COc1ccc(C(CC(=O)[O-])NC(=O)c2cc(OC)c(OC)c(OC)c2)cc1. The minimum Gasteiger partial charge on any atom is -0.550 e. The molecule has 8 heteroatoms. The molecule has 0 saturated carbocycles. The van der Waals surface area contributed by atoms with Gasteiger partial charge in [-0.1, -0.05) is 12.1 Å². The van der Waals surface area contributed by atoms with E-state index in [9.17, 15) is 14.7 Å². The lowest BCUT2D eigenvalue weighted by Gasteiger charge is -2.21. The van der Waals surface area contributed by atoms with Gasteiger partial charge in [-0.3, -0.25) is 4.79 Å². The molecule has 0 aliphatic rings. The Labute approximate surface area is 163 Å². The van der Waals surface area contributed by atoms with Gasteiger partial charge in [-0.2, -0.15) is 0 Å². The van der Waals surface area contributed by atoms with Crippen LogP contribution < -0.4 is 29.4 Å². The van der Waals surface area contributed by atoms with Gasteiger partial charge >= 0.3 is 0 Å². The topological polar surface area (TPSA) is 106 Å². The zero-order valence-electron chi connectivity index (χ0n) is 16.1. The highest BCUT2D eigenvalue weighted by atomic mass is 16.5. The van der Waals surface area contributed by atoms with Gasteiger partial charge in [0.05, 0.1) is 34.5 Å². The van der Waals surface area contributed by atoms with Crippen molar-refractivity contribution in [3.63, 3.8) is 0 Å². The van der Waals surface area contributed by atoms with Crippen LogP contribution >= 0.6 is 0 Å². The first-order valence-corrected chi connectivity index (χ1v) is 8.38. The van der Waals surface area contributed by atoms with Crippen molar-refractivity contribution < 1.29 is 33.6 Å². The van der Waals surface area contributed by atoms with Gasteiger partial charge in [0.1, 0.15) is 5.75 Å². The van der Waals surface area contributed by atoms with Crippen molar-refractivity contribution in [3.05, 3.63) is 47.5 Å². The smallest absolute Gasteiger partial charge is 0.252 e. The molecule has 150 valence electrons. The molecule has 8 nitrogen and oxygen atoms in total. The Morgan fingerprint density at radius 1 is 0.929 bits per heavy atom. The standard InChI is InChI=1S/C20H23NO7/c1-25-14-7-5-12(6-8-14)15(11-18(22)23)21-20(24)13-9-16(26-2)19(28-4)17(10-13)27-3/h5-10,15H,11H2,1-4H3,(H,21,24)(H,22,23)/p-1. The molecule has 0 aliphatic carbocycles. The van der Waals surface area contributed by atoms with Crippen LogP contribution in [0.1, 0.15) is 28.4 Å². The molecule has 0 radical (unpaired) electrons. The van der Waals surface area contributed by atoms with Crippen LogP contribution in [0.2, 0.25) is 0 Å². The van der Waals surface area contributed by atoms with Gasteiger partial charge in [0.25, 0.3) is 5.91 Å².